The highest BCUT2D eigenvalue weighted by Crippen LogP contribution is 2.25. The minimum Gasteiger partial charge on any atom is -0.341 e. The molecule has 1 aliphatic rings. The number of carbonyl (C=O) groups excluding carboxylic acids is 2. The Balaban J connectivity index is 1.85. The van der Waals surface area contributed by atoms with Gasteiger partial charge in [-0.3, -0.25) is 9.59 Å². The number of hydrogen-bond donors (Lipinski definition) is 1. The van der Waals surface area contributed by atoms with Crippen molar-refractivity contribution in [2.24, 2.45) is 11.7 Å². The van der Waals surface area contributed by atoms with E-state index in [0.717, 1.165) is 17.5 Å². The Morgan fingerprint density at radius 1 is 1.17 bits per heavy atom. The third-order valence-electron chi connectivity index (χ3n) is 5.36. The average molecular weight is 397 g/mol. The maximum absolute atomic E-state index is 14.2. The molecule has 1 heterocycles. The summed E-state index contributed by atoms with van der Waals surface area (Å²) in [7, 11) is 0. The maximum atomic E-state index is 14.2. The van der Waals surface area contributed by atoms with Crippen LogP contribution in [0.4, 0.5) is 4.39 Å². The van der Waals surface area contributed by atoms with E-state index in [1.807, 2.05) is 36.1 Å². The van der Waals surface area contributed by atoms with Gasteiger partial charge in [0.05, 0.1) is 12.5 Å². The van der Waals surface area contributed by atoms with Crippen molar-refractivity contribution in [3.63, 3.8) is 0 Å². The largest absolute Gasteiger partial charge is 0.341 e. The quantitative estimate of drug-likeness (QED) is 0.815. The van der Waals surface area contributed by atoms with Gasteiger partial charge in [-0.25, -0.2) is 4.39 Å². The minimum atomic E-state index is -0.338. The smallest absolute Gasteiger partial charge is 0.236 e. The summed E-state index contributed by atoms with van der Waals surface area (Å²) in [4.78, 5) is 28.8. The van der Waals surface area contributed by atoms with Crippen molar-refractivity contribution in [2.75, 3.05) is 32.7 Å². The molecule has 2 amide bonds. The van der Waals surface area contributed by atoms with Crippen LogP contribution in [0.2, 0.25) is 0 Å². The van der Waals surface area contributed by atoms with Gasteiger partial charge in [-0.15, -0.1) is 0 Å². The molecule has 6 heteroatoms. The van der Waals surface area contributed by atoms with Gasteiger partial charge in [-0.2, -0.15) is 0 Å². The van der Waals surface area contributed by atoms with Crippen LogP contribution < -0.4 is 5.73 Å². The summed E-state index contributed by atoms with van der Waals surface area (Å²) < 4.78 is 14.2. The van der Waals surface area contributed by atoms with Crippen molar-refractivity contribution in [2.45, 2.75) is 19.8 Å². The Morgan fingerprint density at radius 2 is 1.97 bits per heavy atom. The fourth-order valence-corrected chi connectivity index (χ4v) is 3.89. The second-order valence-corrected chi connectivity index (χ2v) is 7.45. The summed E-state index contributed by atoms with van der Waals surface area (Å²) in [6.07, 6.45) is 1.36. The van der Waals surface area contributed by atoms with E-state index >= 15 is 0 Å². The Kier molecular flexibility index (Phi) is 6.99. The Hall–Kier alpha value is -2.73. The van der Waals surface area contributed by atoms with Gasteiger partial charge >= 0.3 is 0 Å². The van der Waals surface area contributed by atoms with Crippen molar-refractivity contribution < 1.29 is 14.0 Å². The third-order valence-corrected chi connectivity index (χ3v) is 5.36. The van der Waals surface area contributed by atoms with E-state index in [2.05, 4.69) is 0 Å². The maximum Gasteiger partial charge on any atom is 0.236 e. The zero-order chi connectivity index (χ0) is 20.8. The number of halogens is 1. The normalized spacial score (nSPS) is 17.3. The molecule has 0 spiro atoms. The molecule has 1 saturated heterocycles. The van der Waals surface area contributed by atoms with Crippen LogP contribution in [0.1, 0.15) is 18.9 Å². The van der Waals surface area contributed by atoms with Gasteiger partial charge in [-0.1, -0.05) is 49.4 Å². The molecular weight excluding hydrogens is 369 g/mol. The molecule has 5 nitrogen and oxygen atoms in total. The molecule has 1 fully saturated rings. The molecule has 29 heavy (non-hydrogen) atoms. The highest BCUT2D eigenvalue weighted by atomic mass is 19.1. The lowest BCUT2D eigenvalue weighted by Gasteiger charge is -2.24. The van der Waals surface area contributed by atoms with Gasteiger partial charge in [0.15, 0.2) is 0 Å². The van der Waals surface area contributed by atoms with Gasteiger partial charge in [0.2, 0.25) is 11.8 Å². The Labute approximate surface area is 171 Å². The molecule has 154 valence electrons. The average Bonchev–Trinajstić information content (AvgIpc) is 2.88. The fraction of sp³-hybridized carbons (Fsp3) is 0.391. The van der Waals surface area contributed by atoms with Crippen LogP contribution in [0.5, 0.6) is 0 Å². The highest BCUT2D eigenvalue weighted by Gasteiger charge is 2.31. The van der Waals surface area contributed by atoms with Crippen LogP contribution >= 0.6 is 0 Å². The monoisotopic (exact) mass is 397 g/mol. The summed E-state index contributed by atoms with van der Waals surface area (Å²) in [5.74, 6) is -0.684. The van der Waals surface area contributed by atoms with E-state index in [1.54, 1.807) is 23.1 Å². The number of nitrogens with zero attached hydrogens (tertiary/aromatic N) is 2. The van der Waals surface area contributed by atoms with Crippen molar-refractivity contribution >= 4 is 11.8 Å². The number of hydrogen-bond acceptors (Lipinski definition) is 3. The zero-order valence-corrected chi connectivity index (χ0v) is 16.8. The first kappa shape index (κ1) is 21.0. The van der Waals surface area contributed by atoms with E-state index in [-0.39, 0.29) is 30.1 Å². The summed E-state index contributed by atoms with van der Waals surface area (Å²) in [5.41, 5.74) is 7.82. The molecule has 2 aromatic rings. The molecule has 2 N–H and O–H groups in total. The predicted octanol–water partition coefficient (Wildman–Crippen LogP) is 2.69. The molecule has 0 aliphatic carbocycles. The van der Waals surface area contributed by atoms with Crippen molar-refractivity contribution in [3.8, 4) is 11.1 Å². The minimum absolute atomic E-state index is 0.0581. The summed E-state index contributed by atoms with van der Waals surface area (Å²) in [6.45, 7) is 4.05. The SMILES string of the molecule is CCCN1CCN(C(=O)CN)CC(Cc2cccc(-c3ccccc3F)c2)C1=O. The third kappa shape index (κ3) is 5.01. The molecule has 0 aromatic heterocycles. The predicted molar refractivity (Wildman–Crippen MR) is 112 cm³/mol. The first-order chi connectivity index (χ1) is 14.0. The number of amides is 2. The van der Waals surface area contributed by atoms with E-state index in [0.29, 0.717) is 38.2 Å². The summed E-state index contributed by atoms with van der Waals surface area (Å²) in [6, 6.07) is 14.3. The highest BCUT2D eigenvalue weighted by molar-refractivity contribution is 5.83. The number of benzene rings is 2. The van der Waals surface area contributed by atoms with Crippen LogP contribution in [-0.2, 0) is 16.0 Å². The van der Waals surface area contributed by atoms with E-state index in [4.69, 9.17) is 5.73 Å². The molecule has 1 atom stereocenters. The lowest BCUT2D eigenvalue weighted by atomic mass is 9.94. The van der Waals surface area contributed by atoms with Crippen LogP contribution in [0.15, 0.2) is 48.5 Å². The Morgan fingerprint density at radius 3 is 2.69 bits per heavy atom. The Bertz CT molecular complexity index is 871. The molecule has 3 rings (SSSR count). The topological polar surface area (TPSA) is 66.6 Å². The molecule has 1 aliphatic heterocycles. The van der Waals surface area contributed by atoms with Gasteiger partial charge < -0.3 is 15.5 Å². The lowest BCUT2D eigenvalue weighted by molar-refractivity contribution is -0.134. The number of rotatable bonds is 6. The van der Waals surface area contributed by atoms with Crippen LogP contribution in [0, 0.1) is 11.7 Å². The fourth-order valence-electron chi connectivity index (χ4n) is 3.89. The molecule has 2 aromatic carbocycles. The number of nitrogens with two attached hydrogens (primary N) is 1. The second kappa shape index (κ2) is 9.65. The van der Waals surface area contributed by atoms with Crippen molar-refractivity contribution in [1.29, 1.82) is 0 Å². The van der Waals surface area contributed by atoms with Gasteiger partial charge in [0.1, 0.15) is 5.82 Å². The molecular formula is C23H28FN3O2. The molecule has 1 unspecified atom stereocenters. The van der Waals surface area contributed by atoms with Crippen molar-refractivity contribution in [3.05, 3.63) is 59.9 Å². The first-order valence-electron chi connectivity index (χ1n) is 10.1. The standard InChI is InChI=1S/C23H28FN3O2/c1-2-10-26-11-12-27(22(28)15-25)16-19(23(26)29)14-17-6-5-7-18(13-17)20-8-3-4-9-21(20)24/h3-9,13,19H,2,10-12,14-16,25H2,1H3. The second-order valence-electron chi connectivity index (χ2n) is 7.45. The van der Waals surface area contributed by atoms with Crippen LogP contribution in [0.25, 0.3) is 11.1 Å². The van der Waals surface area contributed by atoms with E-state index in [9.17, 15) is 14.0 Å². The van der Waals surface area contributed by atoms with Gasteiger partial charge in [-0.05, 0) is 30.0 Å². The summed E-state index contributed by atoms with van der Waals surface area (Å²) >= 11 is 0. The zero-order valence-electron chi connectivity index (χ0n) is 16.8. The van der Waals surface area contributed by atoms with Crippen LogP contribution in [0.3, 0.4) is 0 Å². The molecule has 0 saturated carbocycles. The molecule has 0 bridgehead atoms. The summed E-state index contributed by atoms with van der Waals surface area (Å²) in [5, 5.41) is 0. The van der Waals surface area contributed by atoms with Crippen LogP contribution in [-0.4, -0.2) is 54.3 Å². The van der Waals surface area contributed by atoms with Gasteiger partial charge in [0.25, 0.3) is 0 Å². The van der Waals surface area contributed by atoms with E-state index in [1.165, 1.54) is 6.07 Å². The van der Waals surface area contributed by atoms with Crippen molar-refractivity contribution in [1.82, 2.24) is 9.80 Å². The number of carbonyl (C=O) groups is 2. The van der Waals surface area contributed by atoms with E-state index < -0.39 is 0 Å². The first-order valence-corrected chi connectivity index (χ1v) is 10.1. The lowest BCUT2D eigenvalue weighted by Crippen LogP contribution is -2.40. The molecule has 0 radical (unpaired) electrons. The van der Waals surface area contributed by atoms with Gasteiger partial charge in [0, 0.05) is 31.7 Å².